The van der Waals surface area contributed by atoms with Gasteiger partial charge in [0.25, 0.3) is 0 Å². The van der Waals surface area contributed by atoms with E-state index in [1.807, 2.05) is 30.3 Å². The summed E-state index contributed by atoms with van der Waals surface area (Å²) in [4.78, 5) is 2.17. The maximum Gasteiger partial charge on any atom is 0.161 e. The summed E-state index contributed by atoms with van der Waals surface area (Å²) < 4.78 is 23.9. The lowest BCUT2D eigenvalue weighted by Gasteiger charge is -2.27. The number of nitrogens with one attached hydrogen (secondary N) is 1. The number of fused-ring (bicyclic) bond motifs is 1. The van der Waals surface area contributed by atoms with E-state index in [2.05, 4.69) is 23.2 Å². The second-order valence-electron chi connectivity index (χ2n) is 11.4. The van der Waals surface area contributed by atoms with Crippen LogP contribution in [0.1, 0.15) is 30.0 Å². The van der Waals surface area contributed by atoms with Gasteiger partial charge >= 0.3 is 0 Å². The Morgan fingerprint density at radius 3 is 2.53 bits per heavy atom. The number of aliphatic hydroxyl groups excluding tert-OH is 3. The van der Waals surface area contributed by atoms with Crippen LogP contribution in [0.2, 0.25) is 5.02 Å². The third-order valence-electron chi connectivity index (χ3n) is 8.11. The quantitative estimate of drug-likeness (QED) is 0.228. The summed E-state index contributed by atoms with van der Waals surface area (Å²) in [7, 11) is 0. The fourth-order valence-electron chi connectivity index (χ4n) is 5.25. The van der Waals surface area contributed by atoms with Crippen LogP contribution in [0.4, 0.5) is 0 Å². The molecule has 9 nitrogen and oxygen atoms in total. The van der Waals surface area contributed by atoms with Crippen LogP contribution in [0.15, 0.2) is 48.5 Å². The van der Waals surface area contributed by atoms with Gasteiger partial charge in [-0.2, -0.15) is 0 Å². The van der Waals surface area contributed by atoms with E-state index in [0.717, 1.165) is 52.3 Å². The molecule has 3 aromatic carbocycles. The number of rotatable bonds is 13. The largest absolute Gasteiger partial charge is 0.492 e. The van der Waals surface area contributed by atoms with Crippen molar-refractivity contribution >= 4 is 11.6 Å². The zero-order chi connectivity index (χ0) is 30.4. The second kappa shape index (κ2) is 14.2. The Kier molecular flexibility index (Phi) is 10.3. The molecule has 0 amide bonds. The van der Waals surface area contributed by atoms with Gasteiger partial charge in [-0.15, -0.1) is 0 Å². The predicted octanol–water partition coefficient (Wildman–Crippen LogP) is 3.94. The molecule has 0 radical (unpaired) electrons. The van der Waals surface area contributed by atoms with Crippen LogP contribution in [0, 0.1) is 6.92 Å². The van der Waals surface area contributed by atoms with Gasteiger partial charge in [0.1, 0.15) is 37.9 Å². The van der Waals surface area contributed by atoms with Crippen molar-refractivity contribution < 1.29 is 34.3 Å². The number of nitrogens with zero attached hydrogens (tertiary/aromatic N) is 1. The number of aliphatic hydroxyl groups is 3. The van der Waals surface area contributed by atoms with Crippen molar-refractivity contribution in [2.45, 2.75) is 45.1 Å². The van der Waals surface area contributed by atoms with E-state index in [9.17, 15) is 15.3 Å². The summed E-state index contributed by atoms with van der Waals surface area (Å²) in [5, 5.41) is 32.9. The second-order valence-corrected chi connectivity index (χ2v) is 11.9. The molecule has 2 heterocycles. The molecule has 0 saturated carbocycles. The topological polar surface area (TPSA) is 113 Å². The molecule has 0 bridgehead atoms. The first-order valence-corrected chi connectivity index (χ1v) is 15.1. The zero-order valence-electron chi connectivity index (χ0n) is 24.8. The minimum Gasteiger partial charge on any atom is -0.492 e. The van der Waals surface area contributed by atoms with Crippen LogP contribution in [0.5, 0.6) is 23.0 Å². The van der Waals surface area contributed by atoms with E-state index in [0.29, 0.717) is 62.6 Å². The van der Waals surface area contributed by atoms with Crippen molar-refractivity contribution in [3.8, 4) is 34.1 Å². The smallest absolute Gasteiger partial charge is 0.161 e. The number of hydrogen-bond donors (Lipinski definition) is 4. The van der Waals surface area contributed by atoms with Crippen LogP contribution in [0.25, 0.3) is 11.1 Å². The number of benzene rings is 3. The summed E-state index contributed by atoms with van der Waals surface area (Å²) in [6, 6.07) is 15.7. The Morgan fingerprint density at radius 2 is 1.79 bits per heavy atom. The molecule has 1 saturated heterocycles. The highest BCUT2D eigenvalue weighted by atomic mass is 35.5. The summed E-state index contributed by atoms with van der Waals surface area (Å²) in [6.07, 6.45) is 0.478. The van der Waals surface area contributed by atoms with E-state index < -0.39 is 5.54 Å². The molecule has 1 unspecified atom stereocenters. The fraction of sp³-hybridized carbons (Fsp3) is 0.455. The van der Waals surface area contributed by atoms with E-state index in [1.54, 1.807) is 19.1 Å². The number of likely N-dealkylation sites (tertiary alicyclic amines) is 1. The molecule has 1 atom stereocenters. The van der Waals surface area contributed by atoms with Crippen LogP contribution in [0.3, 0.4) is 0 Å². The molecule has 0 aliphatic carbocycles. The van der Waals surface area contributed by atoms with Gasteiger partial charge in [-0.05, 0) is 60.7 Å². The molecule has 1 fully saturated rings. The van der Waals surface area contributed by atoms with Gasteiger partial charge < -0.3 is 39.6 Å². The van der Waals surface area contributed by atoms with Crippen LogP contribution in [-0.4, -0.2) is 84.5 Å². The monoisotopic (exact) mass is 612 g/mol. The lowest BCUT2D eigenvalue weighted by Crippen LogP contribution is -2.48. The molecule has 0 spiro atoms. The van der Waals surface area contributed by atoms with Crippen molar-refractivity contribution in [2.75, 3.05) is 52.7 Å². The molecule has 232 valence electrons. The Labute approximate surface area is 257 Å². The summed E-state index contributed by atoms with van der Waals surface area (Å²) >= 11 is 6.70. The fourth-order valence-corrected chi connectivity index (χ4v) is 5.49. The molecule has 10 heteroatoms. The number of ether oxygens (including phenoxy) is 4. The Bertz CT molecular complexity index is 1400. The van der Waals surface area contributed by atoms with Crippen molar-refractivity contribution in [3.63, 3.8) is 0 Å². The Morgan fingerprint density at radius 1 is 1.00 bits per heavy atom. The average molecular weight is 613 g/mol. The molecule has 5 rings (SSSR count). The van der Waals surface area contributed by atoms with Crippen molar-refractivity contribution in [1.82, 2.24) is 10.2 Å². The maximum absolute atomic E-state index is 9.85. The lowest BCUT2D eigenvalue weighted by molar-refractivity contribution is 0.103. The van der Waals surface area contributed by atoms with Gasteiger partial charge in [-0.25, -0.2) is 0 Å². The molecule has 43 heavy (non-hydrogen) atoms. The van der Waals surface area contributed by atoms with Crippen LogP contribution < -0.4 is 24.3 Å². The highest BCUT2D eigenvalue weighted by Gasteiger charge is 2.24. The molecule has 4 N–H and O–H groups in total. The molecule has 2 aliphatic rings. The number of β-amino-alcohol motifs (C(OH)–C–C–N with tert-alkyl or cyclic N) is 1. The van der Waals surface area contributed by atoms with Gasteiger partial charge in [-0.1, -0.05) is 35.9 Å². The first kappa shape index (κ1) is 31.4. The summed E-state index contributed by atoms with van der Waals surface area (Å²) in [5.74, 6) is 2.60. The zero-order valence-corrected chi connectivity index (χ0v) is 25.5. The SMILES string of the molecule is Cc1c(COc2cc(OCCN3CCC(O)C3)c(CNC(C)(CO)CO)cc2Cl)cccc1-c1ccc2c(c1)OCCO2. The van der Waals surface area contributed by atoms with E-state index in [-0.39, 0.29) is 19.3 Å². The van der Waals surface area contributed by atoms with Crippen LogP contribution >= 0.6 is 11.6 Å². The molecule has 3 aromatic rings. The molecular formula is C33H41ClN2O7. The van der Waals surface area contributed by atoms with Gasteiger partial charge in [0.05, 0.1) is 29.9 Å². The maximum atomic E-state index is 9.85. The highest BCUT2D eigenvalue weighted by Crippen LogP contribution is 2.37. The normalized spacial score (nSPS) is 16.8. The first-order chi connectivity index (χ1) is 20.8. The minimum atomic E-state index is -0.857. The van der Waals surface area contributed by atoms with Gasteiger partial charge in [-0.3, -0.25) is 4.90 Å². The standard InChI is InChI=1S/C33H41ClN2O7/c1-22-24(4-3-5-27(22)23-6-7-29-32(15-23)42-13-12-41-29)19-43-31-16-30(40-11-10-36-9-8-26(39)18-36)25(14-28(31)34)17-35-33(2,20-37)21-38/h3-7,14-16,26,35,37-39H,8-13,17-21H2,1-2H3. The lowest BCUT2D eigenvalue weighted by atomic mass is 9.96. The van der Waals surface area contributed by atoms with Crippen molar-refractivity contribution in [1.29, 1.82) is 0 Å². The summed E-state index contributed by atoms with van der Waals surface area (Å²) in [6.45, 7) is 7.67. The van der Waals surface area contributed by atoms with Crippen molar-refractivity contribution in [2.24, 2.45) is 0 Å². The van der Waals surface area contributed by atoms with E-state index in [1.165, 1.54) is 0 Å². The highest BCUT2D eigenvalue weighted by molar-refractivity contribution is 6.32. The Balaban J connectivity index is 1.32. The van der Waals surface area contributed by atoms with Gasteiger partial charge in [0.15, 0.2) is 11.5 Å². The average Bonchev–Trinajstić information content (AvgIpc) is 3.44. The Hall–Kier alpha value is -3.05. The van der Waals surface area contributed by atoms with E-state index in [4.69, 9.17) is 30.5 Å². The van der Waals surface area contributed by atoms with Gasteiger partial charge in [0, 0.05) is 37.8 Å². The van der Waals surface area contributed by atoms with Gasteiger partial charge in [0.2, 0.25) is 0 Å². The third kappa shape index (κ3) is 7.73. The molecule has 2 aliphatic heterocycles. The molecular weight excluding hydrogens is 572 g/mol. The van der Waals surface area contributed by atoms with Crippen LogP contribution in [-0.2, 0) is 13.2 Å². The van der Waals surface area contributed by atoms with E-state index >= 15 is 0 Å². The van der Waals surface area contributed by atoms with Crippen molar-refractivity contribution in [3.05, 3.63) is 70.2 Å². The predicted molar refractivity (Wildman–Crippen MR) is 165 cm³/mol. The number of hydrogen-bond acceptors (Lipinski definition) is 9. The minimum absolute atomic E-state index is 0.226. The third-order valence-corrected chi connectivity index (χ3v) is 8.41. The number of halogens is 1. The first-order valence-electron chi connectivity index (χ1n) is 14.7. The molecule has 0 aromatic heterocycles. The summed E-state index contributed by atoms with van der Waals surface area (Å²) in [5.41, 5.74) is 4.15.